The summed E-state index contributed by atoms with van der Waals surface area (Å²) in [4.78, 5) is 3.20. The van der Waals surface area contributed by atoms with Gasteiger partial charge in [0.1, 0.15) is 0 Å². The summed E-state index contributed by atoms with van der Waals surface area (Å²) in [5.74, 6) is 1.04. The van der Waals surface area contributed by atoms with Gasteiger partial charge in [0.15, 0.2) is 0 Å². The molecule has 3 nitrogen and oxygen atoms in total. The molecule has 0 saturated carbocycles. The molecule has 1 aliphatic heterocycles. The molecule has 3 aromatic rings. The van der Waals surface area contributed by atoms with Gasteiger partial charge in [-0.3, -0.25) is 4.21 Å². The predicted octanol–water partition coefficient (Wildman–Crippen LogP) is 5.27. The van der Waals surface area contributed by atoms with E-state index in [1.54, 1.807) is 6.07 Å². The van der Waals surface area contributed by atoms with E-state index in [2.05, 4.69) is 10.3 Å². The molecule has 0 aliphatic carbocycles. The lowest BCUT2D eigenvalue weighted by Crippen LogP contribution is -2.34. The molecule has 7 heteroatoms. The highest BCUT2D eigenvalue weighted by atomic mass is 32.2. The summed E-state index contributed by atoms with van der Waals surface area (Å²) in [6.45, 7) is 0.603. The number of rotatable bonds is 6. The molecule has 1 aliphatic rings. The van der Waals surface area contributed by atoms with Crippen molar-refractivity contribution in [3.8, 4) is 0 Å². The van der Waals surface area contributed by atoms with E-state index in [1.807, 2.05) is 36.5 Å². The Kier molecular flexibility index (Phi) is 6.11. The van der Waals surface area contributed by atoms with Gasteiger partial charge < -0.3 is 10.3 Å². The number of nitrogens with one attached hydrogen (secondary N) is 2. The van der Waals surface area contributed by atoms with E-state index in [-0.39, 0.29) is 6.04 Å². The highest BCUT2D eigenvalue weighted by Crippen LogP contribution is 2.32. The van der Waals surface area contributed by atoms with Crippen molar-refractivity contribution < 1.29 is 17.4 Å². The van der Waals surface area contributed by atoms with Gasteiger partial charge in [-0.2, -0.15) is 13.2 Å². The fourth-order valence-electron chi connectivity index (χ4n) is 3.88. The molecule has 0 spiro atoms. The lowest BCUT2D eigenvalue weighted by atomic mass is 9.93. The number of alkyl halides is 3. The lowest BCUT2D eigenvalue weighted by Gasteiger charge is -2.25. The summed E-state index contributed by atoms with van der Waals surface area (Å²) in [7, 11) is -1.01. The lowest BCUT2D eigenvalue weighted by molar-refractivity contribution is -0.137. The maximum absolute atomic E-state index is 13.0. The minimum absolute atomic E-state index is 0.103. The van der Waals surface area contributed by atoms with Crippen LogP contribution in [0, 0.1) is 0 Å². The Morgan fingerprint density at radius 2 is 1.93 bits per heavy atom. The molecule has 0 radical (unpaired) electrons. The van der Waals surface area contributed by atoms with Crippen molar-refractivity contribution in [3.05, 3.63) is 77.5 Å². The van der Waals surface area contributed by atoms with Crippen molar-refractivity contribution in [1.82, 2.24) is 10.3 Å². The largest absolute Gasteiger partial charge is 0.416 e. The van der Waals surface area contributed by atoms with Crippen LogP contribution >= 0.6 is 0 Å². The van der Waals surface area contributed by atoms with Gasteiger partial charge in [0.05, 0.1) is 11.3 Å². The summed E-state index contributed by atoms with van der Waals surface area (Å²) in [6.07, 6.45) is 0.851. The van der Waals surface area contributed by atoms with Gasteiger partial charge in [-0.15, -0.1) is 0 Å². The van der Waals surface area contributed by atoms with Gasteiger partial charge in [-0.1, -0.05) is 36.4 Å². The first kappa shape index (κ1) is 20.9. The van der Waals surface area contributed by atoms with Crippen molar-refractivity contribution in [2.45, 2.75) is 30.8 Å². The van der Waals surface area contributed by atoms with Gasteiger partial charge in [-0.05, 0) is 47.7 Å². The zero-order valence-electron chi connectivity index (χ0n) is 16.3. The summed E-state index contributed by atoms with van der Waals surface area (Å²) in [6, 6.07) is 13.5. The maximum atomic E-state index is 13.0. The minimum Gasteiger partial charge on any atom is -0.361 e. The van der Waals surface area contributed by atoms with E-state index in [0.717, 1.165) is 28.1 Å². The Balaban J connectivity index is 1.35. The third kappa shape index (κ3) is 4.84. The zero-order valence-corrected chi connectivity index (χ0v) is 17.2. The van der Waals surface area contributed by atoms with Crippen LogP contribution < -0.4 is 5.32 Å². The van der Waals surface area contributed by atoms with Gasteiger partial charge in [0.25, 0.3) is 0 Å². The predicted molar refractivity (Wildman–Crippen MR) is 115 cm³/mol. The van der Waals surface area contributed by atoms with E-state index in [1.165, 1.54) is 12.1 Å². The summed E-state index contributed by atoms with van der Waals surface area (Å²) in [5.41, 5.74) is 2.97. The maximum Gasteiger partial charge on any atom is 0.416 e. The van der Waals surface area contributed by atoms with Crippen LogP contribution in [0.15, 0.2) is 60.8 Å². The second kappa shape index (κ2) is 8.78. The number of hydrogen-bond acceptors (Lipinski definition) is 2. The third-order valence-electron chi connectivity index (χ3n) is 5.47. The molecule has 1 aromatic heterocycles. The van der Waals surface area contributed by atoms with Gasteiger partial charge in [0.2, 0.25) is 0 Å². The summed E-state index contributed by atoms with van der Waals surface area (Å²) in [5, 5.41) is 4.46. The van der Waals surface area contributed by atoms with E-state index < -0.39 is 22.5 Å². The fraction of sp³-hybridized carbons (Fsp3) is 0.304. The number of H-pyrrole nitrogens is 1. The third-order valence-corrected chi connectivity index (χ3v) is 6.79. The van der Waals surface area contributed by atoms with Crippen molar-refractivity contribution in [2.24, 2.45) is 0 Å². The Hall–Kier alpha value is -2.38. The number of aromatic amines is 1. The first-order valence-corrected chi connectivity index (χ1v) is 11.4. The van der Waals surface area contributed by atoms with Gasteiger partial charge in [-0.25, -0.2) is 0 Å². The Labute approximate surface area is 175 Å². The van der Waals surface area contributed by atoms with Crippen LogP contribution in [0.5, 0.6) is 0 Å². The second-order valence-electron chi connectivity index (χ2n) is 7.55. The van der Waals surface area contributed by atoms with Crippen molar-refractivity contribution >= 4 is 27.3 Å². The number of para-hydroxylation sites is 1. The molecule has 158 valence electrons. The number of fused-ring (bicyclic) bond motifs is 1. The van der Waals surface area contributed by atoms with E-state index in [0.29, 0.717) is 36.5 Å². The van der Waals surface area contributed by atoms with E-state index >= 15 is 0 Å². The summed E-state index contributed by atoms with van der Waals surface area (Å²) < 4.78 is 51.7. The quantitative estimate of drug-likeness (QED) is 0.557. The van der Waals surface area contributed by atoms with Crippen LogP contribution in [0.2, 0.25) is 0 Å². The monoisotopic (exact) mass is 432 g/mol. The van der Waals surface area contributed by atoms with Crippen LogP contribution in [-0.2, 0) is 22.7 Å². The molecule has 0 fully saturated rings. The molecule has 0 saturated heterocycles. The van der Waals surface area contributed by atoms with Crippen LogP contribution in [-0.4, -0.2) is 27.5 Å². The van der Waals surface area contributed by atoms with Crippen LogP contribution in [0.3, 0.4) is 0 Å². The van der Waals surface area contributed by atoms with Crippen LogP contribution in [0.25, 0.3) is 16.5 Å². The molecule has 2 unspecified atom stereocenters. The standard InChI is InChI=1S/C23H23F3N2OS/c24-23(25,26)19-5-3-4-16(12-19)17-8-10-27-20(13-17)9-11-30(29)15-18-14-28-22-7-2-1-6-21(18)22/h1-8,12,14,20,27-28H,9-11,13,15H2. The van der Waals surface area contributed by atoms with E-state index in [4.69, 9.17) is 0 Å². The Morgan fingerprint density at radius 3 is 2.77 bits per heavy atom. The first-order valence-electron chi connectivity index (χ1n) is 9.90. The topological polar surface area (TPSA) is 44.9 Å². The number of aromatic nitrogens is 1. The highest BCUT2D eigenvalue weighted by molar-refractivity contribution is 7.84. The molecule has 2 aromatic carbocycles. The second-order valence-corrected chi connectivity index (χ2v) is 9.13. The van der Waals surface area contributed by atoms with Gasteiger partial charge in [0, 0.05) is 46.2 Å². The SMILES string of the molecule is O=S(CCC1CC(c2cccc(C(F)(F)F)c2)=CCN1)Cc1c[nH]c2ccccc12. The van der Waals surface area contributed by atoms with Crippen molar-refractivity contribution in [2.75, 3.05) is 12.3 Å². The smallest absolute Gasteiger partial charge is 0.361 e. The molecular formula is C23H23F3N2OS. The number of halogens is 3. The van der Waals surface area contributed by atoms with Gasteiger partial charge >= 0.3 is 6.18 Å². The molecule has 4 rings (SSSR count). The number of benzene rings is 2. The Bertz CT molecular complexity index is 1090. The molecule has 2 N–H and O–H groups in total. The zero-order chi connectivity index (χ0) is 21.1. The van der Waals surface area contributed by atoms with Crippen LogP contribution in [0.1, 0.15) is 29.5 Å². The summed E-state index contributed by atoms with van der Waals surface area (Å²) >= 11 is 0. The van der Waals surface area contributed by atoms with E-state index in [9.17, 15) is 17.4 Å². The minimum atomic E-state index is -4.35. The molecule has 2 atom stereocenters. The average molecular weight is 433 g/mol. The number of hydrogen-bond donors (Lipinski definition) is 2. The first-order chi connectivity index (χ1) is 14.4. The molecule has 30 heavy (non-hydrogen) atoms. The molecule has 2 heterocycles. The highest BCUT2D eigenvalue weighted by Gasteiger charge is 2.30. The molecule has 0 amide bonds. The van der Waals surface area contributed by atoms with Crippen molar-refractivity contribution in [1.29, 1.82) is 0 Å². The molecule has 0 bridgehead atoms. The average Bonchev–Trinajstić information content (AvgIpc) is 3.15. The Morgan fingerprint density at radius 1 is 1.10 bits per heavy atom. The normalized spacial score (nSPS) is 18.4. The van der Waals surface area contributed by atoms with Crippen LogP contribution in [0.4, 0.5) is 13.2 Å². The van der Waals surface area contributed by atoms with Crippen molar-refractivity contribution in [3.63, 3.8) is 0 Å². The molecular weight excluding hydrogens is 409 g/mol. The fourth-order valence-corrected chi connectivity index (χ4v) is 5.15.